The first kappa shape index (κ1) is 45.3. The van der Waals surface area contributed by atoms with Gasteiger partial charge in [0.25, 0.3) is 22.0 Å². The number of thiazole rings is 1. The molecule has 0 aliphatic carbocycles. The number of nitrogens with one attached hydrogen (secondary N) is 1. The van der Waals surface area contributed by atoms with Gasteiger partial charge in [-0.3, -0.25) is 18.7 Å². The summed E-state index contributed by atoms with van der Waals surface area (Å²) in [6.07, 6.45) is 7.17. The molecular formula is C56H52N6O5S2+2. The van der Waals surface area contributed by atoms with E-state index in [1.54, 1.807) is 19.9 Å². The standard InChI is InChI=1S/C56H50N6O5S2/c1-4-58-50(69-48-30-26-39-18-10-11-19-42(39)52(48)58)35-51-61(45-34-41(27-29-47(45)68-51)38-16-8-7-9-17-38)33-15-14-32-57-53(63)40-24-22-37(23-25-40)36-62-44-20-12-13-21-46(44)67-49(62)31-28-43-54(64)59(5-2)56(66)60(6-3)55(43)65/h7-13,16-31,34-35H,4-6,14-15,32-33,36H2,1-3H3/p+2. The van der Waals surface area contributed by atoms with Gasteiger partial charge in [-0.05, 0) is 98.7 Å². The second kappa shape index (κ2) is 19.6. The minimum absolute atomic E-state index is 0.00165. The lowest BCUT2D eigenvalue weighted by Crippen LogP contribution is -2.40. The van der Waals surface area contributed by atoms with E-state index in [4.69, 9.17) is 4.42 Å². The molecule has 11 nitrogen and oxygen atoms in total. The molecule has 6 aromatic carbocycles. The third-order valence-electron chi connectivity index (χ3n) is 12.8. The van der Waals surface area contributed by atoms with Crippen molar-refractivity contribution in [2.75, 3.05) is 18.0 Å². The third-order valence-corrected chi connectivity index (χ3v) is 15.0. The highest BCUT2D eigenvalue weighted by molar-refractivity contribution is 8.03. The zero-order valence-corrected chi connectivity index (χ0v) is 40.4. The van der Waals surface area contributed by atoms with Crippen molar-refractivity contribution in [1.82, 2.24) is 14.5 Å². The first-order valence-corrected chi connectivity index (χ1v) is 25.1. The molecule has 2 N–H and O–H groups in total. The Balaban J connectivity index is 0.832. The van der Waals surface area contributed by atoms with Gasteiger partial charge in [-0.1, -0.05) is 108 Å². The van der Waals surface area contributed by atoms with Crippen LogP contribution in [0.5, 0.6) is 5.88 Å². The van der Waals surface area contributed by atoms with E-state index in [2.05, 4.69) is 107 Å². The van der Waals surface area contributed by atoms with Gasteiger partial charge in [0.1, 0.15) is 16.8 Å². The van der Waals surface area contributed by atoms with Crippen molar-refractivity contribution in [3.8, 4) is 17.0 Å². The average Bonchev–Trinajstić information content (AvgIpc) is 4.04. The molecular weight excluding hydrogens is 901 g/mol. The minimum atomic E-state index is -0.574. The number of carbonyl (C=O) groups is 1. The Morgan fingerprint density at radius 1 is 0.783 bits per heavy atom. The minimum Gasteiger partial charge on any atom is -0.494 e. The highest BCUT2D eigenvalue weighted by atomic mass is 32.2. The van der Waals surface area contributed by atoms with Gasteiger partial charge in [0, 0.05) is 48.3 Å². The van der Waals surface area contributed by atoms with Crippen LogP contribution in [0.15, 0.2) is 157 Å². The van der Waals surface area contributed by atoms with Crippen LogP contribution in [0.1, 0.15) is 66.0 Å². The number of unbranched alkanes of at least 4 members (excludes halogenated alkanes) is 1. The maximum Gasteiger partial charge on any atom is 0.374 e. The number of rotatable bonds is 15. The highest BCUT2D eigenvalue weighted by Crippen LogP contribution is 2.48. The molecule has 0 radical (unpaired) electrons. The number of nitrogens with zero attached hydrogens (tertiary/aromatic N) is 5. The van der Waals surface area contributed by atoms with Crippen molar-refractivity contribution in [3.63, 3.8) is 0 Å². The molecule has 0 unspecified atom stereocenters. The number of fused-ring (bicyclic) bond motifs is 5. The maximum atomic E-state index is 13.5. The quantitative estimate of drug-likeness (QED) is 0.0776. The van der Waals surface area contributed by atoms with Crippen LogP contribution in [0.4, 0.5) is 5.69 Å². The van der Waals surface area contributed by atoms with Gasteiger partial charge in [-0.15, -0.1) is 0 Å². The number of aromatic nitrogens is 4. The number of thioether (sulfide) groups is 1. The smallest absolute Gasteiger partial charge is 0.374 e. The Morgan fingerprint density at radius 3 is 2.35 bits per heavy atom. The number of hydrogen-bond donors (Lipinski definition) is 2. The molecule has 9 aromatic rings. The Morgan fingerprint density at radius 2 is 1.55 bits per heavy atom. The molecule has 13 heteroatoms. The number of oxazole rings is 1. The number of carbonyl (C=O) groups excluding carboxylic acids is 1. The molecule has 1 aliphatic rings. The number of para-hydroxylation sites is 2. The van der Waals surface area contributed by atoms with Crippen LogP contribution >= 0.6 is 23.1 Å². The molecule has 3 aromatic heterocycles. The van der Waals surface area contributed by atoms with Crippen LogP contribution < -0.4 is 30.6 Å². The summed E-state index contributed by atoms with van der Waals surface area (Å²) >= 11 is 3.65. The van der Waals surface area contributed by atoms with E-state index < -0.39 is 11.2 Å². The van der Waals surface area contributed by atoms with E-state index in [9.17, 15) is 19.5 Å². The van der Waals surface area contributed by atoms with Gasteiger partial charge in [0.15, 0.2) is 6.54 Å². The van der Waals surface area contributed by atoms with Crippen molar-refractivity contribution in [1.29, 1.82) is 0 Å². The monoisotopic (exact) mass is 952 g/mol. The Labute approximate surface area is 407 Å². The summed E-state index contributed by atoms with van der Waals surface area (Å²) in [7, 11) is 0. The van der Waals surface area contributed by atoms with Crippen LogP contribution in [0.25, 0.3) is 61.4 Å². The predicted molar refractivity (Wildman–Crippen MR) is 279 cm³/mol. The van der Waals surface area contributed by atoms with Gasteiger partial charge in [-0.2, -0.15) is 9.13 Å². The second-order valence-corrected chi connectivity index (χ2v) is 19.0. The number of aryl methyl sites for hydroxylation is 1. The maximum absolute atomic E-state index is 13.5. The molecule has 0 saturated carbocycles. The van der Waals surface area contributed by atoms with E-state index >= 15 is 0 Å². The van der Waals surface area contributed by atoms with Gasteiger partial charge in [0.05, 0.1) is 28.3 Å². The molecule has 4 heterocycles. The zero-order valence-electron chi connectivity index (χ0n) is 38.7. The summed E-state index contributed by atoms with van der Waals surface area (Å²) in [4.78, 5) is 43.1. The summed E-state index contributed by atoms with van der Waals surface area (Å²) in [5.41, 5.74) is 6.71. The van der Waals surface area contributed by atoms with Gasteiger partial charge < -0.3 is 19.7 Å². The molecule has 1 amide bonds. The average molecular weight is 953 g/mol. The summed E-state index contributed by atoms with van der Waals surface area (Å²) < 4.78 is 14.2. The molecule has 0 spiro atoms. The second-order valence-electron chi connectivity index (χ2n) is 16.9. The topological polar surface area (TPSA) is 117 Å². The van der Waals surface area contributed by atoms with Crippen LogP contribution in [0.3, 0.4) is 0 Å². The number of aromatic hydroxyl groups is 1. The summed E-state index contributed by atoms with van der Waals surface area (Å²) in [5.74, 6) is -0.0696. The molecule has 69 heavy (non-hydrogen) atoms. The fourth-order valence-electron chi connectivity index (χ4n) is 9.21. The first-order valence-electron chi connectivity index (χ1n) is 23.5. The fraction of sp³-hybridized carbons (Fsp3) is 0.196. The fourth-order valence-corrected chi connectivity index (χ4v) is 11.6. The molecule has 10 rings (SSSR count). The van der Waals surface area contributed by atoms with Gasteiger partial charge >= 0.3 is 11.6 Å². The first-order chi connectivity index (χ1) is 33.7. The van der Waals surface area contributed by atoms with E-state index in [1.807, 2.05) is 82.3 Å². The Bertz CT molecular complexity index is 3590. The number of benzene rings is 6. The van der Waals surface area contributed by atoms with Crippen molar-refractivity contribution in [2.24, 2.45) is 0 Å². The normalized spacial score (nSPS) is 13.1. The van der Waals surface area contributed by atoms with Crippen molar-refractivity contribution >= 4 is 85.0 Å². The van der Waals surface area contributed by atoms with Crippen molar-refractivity contribution in [3.05, 3.63) is 187 Å². The van der Waals surface area contributed by atoms with Crippen LogP contribution in [-0.2, 0) is 26.2 Å². The molecule has 0 atom stereocenters. The summed E-state index contributed by atoms with van der Waals surface area (Å²) in [6.45, 7) is 8.67. The largest absolute Gasteiger partial charge is 0.494 e. The van der Waals surface area contributed by atoms with E-state index in [1.165, 1.54) is 63.4 Å². The lowest BCUT2D eigenvalue weighted by molar-refractivity contribution is -0.669. The molecule has 0 bridgehead atoms. The van der Waals surface area contributed by atoms with Crippen molar-refractivity contribution < 1.29 is 23.5 Å². The summed E-state index contributed by atoms with van der Waals surface area (Å²) in [5, 5.41) is 19.0. The Kier molecular flexibility index (Phi) is 12.9. The van der Waals surface area contributed by atoms with Crippen molar-refractivity contribution in [2.45, 2.75) is 64.7 Å². The lowest BCUT2D eigenvalue weighted by atomic mass is 10.0. The van der Waals surface area contributed by atoms with Gasteiger partial charge in [0.2, 0.25) is 17.0 Å². The Hall–Kier alpha value is -7.48. The number of anilines is 1. The SMILES string of the molecule is CCn1c(O)c(C=Cc2oc3ccccc3[n+]2Cc2ccc(C(=O)NCCCCN3/C(=C/c4sc5ccc6ccccc6c5[n+]4CC)Sc4ccc(-c5ccccc5)cc43)cc2)c(=O)n(CC)c1=O. The van der Waals surface area contributed by atoms with E-state index in [0.717, 1.165) is 41.6 Å². The van der Waals surface area contributed by atoms with E-state index in [0.29, 0.717) is 30.1 Å². The molecule has 1 aliphatic heterocycles. The molecule has 0 fully saturated rings. The van der Waals surface area contributed by atoms with Crippen LogP contribution in [0.2, 0.25) is 0 Å². The summed E-state index contributed by atoms with van der Waals surface area (Å²) in [6, 6.07) is 45.6. The third kappa shape index (κ3) is 8.79. The van der Waals surface area contributed by atoms with Crippen LogP contribution in [-0.4, -0.2) is 33.2 Å². The number of hydrogen-bond acceptors (Lipinski definition) is 8. The highest BCUT2D eigenvalue weighted by Gasteiger charge is 2.29. The molecule has 0 saturated heterocycles. The molecule has 346 valence electrons. The van der Waals surface area contributed by atoms with Gasteiger partial charge in [-0.25, -0.2) is 4.79 Å². The zero-order chi connectivity index (χ0) is 47.6. The predicted octanol–water partition coefficient (Wildman–Crippen LogP) is 10.5. The number of amides is 1. The van der Waals surface area contributed by atoms with Crippen LogP contribution in [0, 0.1) is 0 Å². The van der Waals surface area contributed by atoms with E-state index in [-0.39, 0.29) is 30.4 Å². The lowest BCUT2D eigenvalue weighted by Gasteiger charge is -2.21.